The first-order chi connectivity index (χ1) is 26.0. The van der Waals surface area contributed by atoms with Crippen LogP contribution in [0.1, 0.15) is 62.1 Å². The van der Waals surface area contributed by atoms with E-state index in [-0.39, 0.29) is 22.9 Å². The lowest BCUT2D eigenvalue weighted by molar-refractivity contribution is -0.246. The van der Waals surface area contributed by atoms with Gasteiger partial charge >= 0.3 is 6.03 Å². The number of ether oxygens (including phenoxy) is 2. The van der Waals surface area contributed by atoms with E-state index in [0.29, 0.717) is 29.5 Å². The summed E-state index contributed by atoms with van der Waals surface area (Å²) in [4.78, 5) is 15.5. The van der Waals surface area contributed by atoms with E-state index in [9.17, 15) is 41.5 Å². The predicted octanol–water partition coefficient (Wildman–Crippen LogP) is 3.25. The Labute approximate surface area is 322 Å². The maximum absolute atomic E-state index is 14.0. The topological polar surface area (TPSA) is 224 Å². The van der Waals surface area contributed by atoms with Gasteiger partial charge in [-0.1, -0.05) is 69.2 Å². The molecule has 2 aliphatic heterocycles. The van der Waals surface area contributed by atoms with Crippen molar-refractivity contribution in [2.75, 3.05) is 36.7 Å². The van der Waals surface area contributed by atoms with E-state index in [1.807, 2.05) is 32.8 Å². The van der Waals surface area contributed by atoms with Gasteiger partial charge in [0.2, 0.25) is 10.4 Å². The Hall–Kier alpha value is -3.65. The molecule has 2 amide bonds. The lowest BCUT2D eigenvalue weighted by Gasteiger charge is -2.42. The third-order valence-corrected chi connectivity index (χ3v) is 12.9. The number of unbranched alkanes of at least 4 members (excludes halogenated alkanes) is 1. The zero-order chi connectivity index (χ0) is 40.1. The molecule has 1 fully saturated rings. The van der Waals surface area contributed by atoms with E-state index in [0.717, 1.165) is 18.5 Å². The first-order valence-electron chi connectivity index (χ1n) is 18.2. The molecule has 0 aliphatic carbocycles. The van der Waals surface area contributed by atoms with Gasteiger partial charge in [-0.3, -0.25) is 4.18 Å². The SMILES string of the molecule is CCCC[C@]1(CC)CS(=O)(=O)c2ccc(N(C)C)cc2[C@@H](c2cccc(NC(=O)N[C@@H]3O[C@H](COS(=O)(=O)[O-])[C@@H](O)[C@H](OCc4ccccc4)[C@H]3O)c2)[C@H]1O. The summed E-state index contributed by atoms with van der Waals surface area (Å²) in [6.45, 7) is 2.92. The molecule has 0 bridgehead atoms. The number of hydrogen-bond donors (Lipinski definition) is 5. The van der Waals surface area contributed by atoms with Gasteiger partial charge in [0.15, 0.2) is 16.1 Å². The largest absolute Gasteiger partial charge is 0.726 e. The summed E-state index contributed by atoms with van der Waals surface area (Å²) in [7, 11) is -5.33. The van der Waals surface area contributed by atoms with Crippen molar-refractivity contribution in [3.8, 4) is 0 Å². The first kappa shape index (κ1) is 42.5. The average Bonchev–Trinajstić information content (AvgIpc) is 3.21. The Morgan fingerprint density at radius 1 is 1.02 bits per heavy atom. The smallest absolute Gasteiger partial charge is 0.321 e. The number of fused-ring (bicyclic) bond motifs is 1. The van der Waals surface area contributed by atoms with Crippen molar-refractivity contribution in [1.29, 1.82) is 0 Å². The van der Waals surface area contributed by atoms with Gasteiger partial charge < -0.3 is 44.9 Å². The standard InChI is InChI=1S/C38H51N3O12S2/c1-5-7-18-38(6-2)23-54(46,47)30-17-16-27(41(3)4)20-28(30)31(35(38)44)25-14-11-15-26(19-25)39-37(45)40-36-33(43)34(51-21-24-12-9-8-10-13-24)32(42)29(53-36)22-52-55(48,49)50/h8-17,19-20,29,31-36,42-44H,5-7,18,21-23H2,1-4H3,(H2,39,40,45)(H,48,49,50)/p-1/t29-,31-,32-,33-,34+,35-,36-,38-/m1/s1. The van der Waals surface area contributed by atoms with E-state index < -0.39 is 81.0 Å². The molecule has 0 aromatic heterocycles. The highest BCUT2D eigenvalue weighted by atomic mass is 32.3. The minimum atomic E-state index is -5.18. The van der Waals surface area contributed by atoms with Gasteiger partial charge in [0, 0.05) is 36.8 Å². The minimum Gasteiger partial charge on any atom is -0.726 e. The number of hydrogen-bond acceptors (Lipinski definition) is 13. The maximum Gasteiger partial charge on any atom is 0.321 e. The summed E-state index contributed by atoms with van der Waals surface area (Å²) >= 11 is 0. The quantitative estimate of drug-likeness (QED) is 0.117. The van der Waals surface area contributed by atoms with Crippen LogP contribution in [0.3, 0.4) is 0 Å². The molecule has 3 aromatic rings. The van der Waals surface area contributed by atoms with Crippen molar-refractivity contribution in [3.05, 3.63) is 89.5 Å². The second-order valence-corrected chi connectivity index (χ2v) is 17.4. The maximum atomic E-state index is 14.0. The number of benzene rings is 3. The summed E-state index contributed by atoms with van der Waals surface area (Å²) in [6.07, 6.45) is -6.46. The third-order valence-electron chi connectivity index (χ3n) is 10.5. The van der Waals surface area contributed by atoms with Crippen LogP contribution in [-0.2, 0) is 40.5 Å². The molecule has 0 saturated carbocycles. The van der Waals surface area contributed by atoms with Crippen molar-refractivity contribution in [3.63, 3.8) is 0 Å². The summed E-state index contributed by atoms with van der Waals surface area (Å²) in [5.41, 5.74) is 1.74. The highest BCUT2D eigenvalue weighted by molar-refractivity contribution is 7.91. The molecule has 1 saturated heterocycles. The van der Waals surface area contributed by atoms with Crippen LogP contribution in [0.5, 0.6) is 0 Å². The third kappa shape index (κ3) is 10.0. The molecule has 2 aliphatic rings. The van der Waals surface area contributed by atoms with Crippen LogP contribution < -0.4 is 15.5 Å². The van der Waals surface area contributed by atoms with Crippen molar-refractivity contribution >= 4 is 37.6 Å². The second kappa shape index (κ2) is 17.7. The Bertz CT molecular complexity index is 2000. The van der Waals surface area contributed by atoms with E-state index in [2.05, 4.69) is 14.8 Å². The fraction of sp³-hybridized carbons (Fsp3) is 0.500. The number of aliphatic hydroxyl groups excluding tert-OH is 3. The van der Waals surface area contributed by atoms with Crippen LogP contribution in [0.2, 0.25) is 0 Å². The van der Waals surface area contributed by atoms with E-state index in [4.69, 9.17) is 9.47 Å². The number of urea groups is 1. The average molecular weight is 805 g/mol. The predicted molar refractivity (Wildman–Crippen MR) is 203 cm³/mol. The van der Waals surface area contributed by atoms with Gasteiger partial charge in [0.1, 0.15) is 24.4 Å². The fourth-order valence-corrected chi connectivity index (χ4v) is 9.97. The van der Waals surface area contributed by atoms with Crippen LogP contribution in [0.25, 0.3) is 0 Å². The molecule has 2 heterocycles. The molecule has 0 spiro atoms. The van der Waals surface area contributed by atoms with Gasteiger partial charge in [-0.25, -0.2) is 21.6 Å². The summed E-state index contributed by atoms with van der Waals surface area (Å²) in [5.74, 6) is -1.01. The number of carbonyl (C=O) groups excluding carboxylic acids is 1. The van der Waals surface area contributed by atoms with Crippen LogP contribution in [0, 0.1) is 5.41 Å². The molecular weight excluding hydrogens is 755 g/mol. The van der Waals surface area contributed by atoms with Crippen molar-refractivity contribution < 1.29 is 55.2 Å². The molecule has 0 unspecified atom stereocenters. The first-order valence-corrected chi connectivity index (χ1v) is 21.1. The number of nitrogens with one attached hydrogen (secondary N) is 2. The lowest BCUT2D eigenvalue weighted by atomic mass is 9.69. The Balaban J connectivity index is 1.43. The van der Waals surface area contributed by atoms with Crippen LogP contribution >= 0.6 is 0 Å². The Morgan fingerprint density at radius 3 is 2.40 bits per heavy atom. The summed E-state index contributed by atoms with van der Waals surface area (Å²) in [6, 6.07) is 19.7. The van der Waals surface area contributed by atoms with Crippen molar-refractivity contribution in [2.24, 2.45) is 5.41 Å². The molecule has 302 valence electrons. The van der Waals surface area contributed by atoms with Gasteiger partial charge in [0.25, 0.3) is 0 Å². The van der Waals surface area contributed by atoms with E-state index in [1.54, 1.807) is 72.8 Å². The van der Waals surface area contributed by atoms with Crippen LogP contribution in [0.15, 0.2) is 77.7 Å². The number of rotatable bonds is 14. The van der Waals surface area contributed by atoms with Crippen molar-refractivity contribution in [2.45, 2.75) is 93.7 Å². The fourth-order valence-electron chi connectivity index (χ4n) is 7.42. The van der Waals surface area contributed by atoms with Gasteiger partial charge in [0.05, 0.1) is 30.0 Å². The number of aliphatic hydroxyl groups is 3. The second-order valence-electron chi connectivity index (χ2n) is 14.4. The van der Waals surface area contributed by atoms with Gasteiger partial charge in [-0.05, 0) is 59.9 Å². The van der Waals surface area contributed by atoms with Crippen LogP contribution in [-0.4, -0.2) is 106 Å². The zero-order valence-corrected chi connectivity index (χ0v) is 32.8. The molecule has 5 N–H and O–H groups in total. The number of anilines is 2. The summed E-state index contributed by atoms with van der Waals surface area (Å²) < 4.78 is 77.4. The number of amides is 2. The lowest BCUT2D eigenvalue weighted by Crippen LogP contribution is -2.64. The molecule has 0 radical (unpaired) electrons. The van der Waals surface area contributed by atoms with Crippen LogP contribution in [0.4, 0.5) is 16.2 Å². The van der Waals surface area contributed by atoms with E-state index in [1.165, 1.54) is 0 Å². The molecule has 8 atom stereocenters. The van der Waals surface area contributed by atoms with E-state index >= 15 is 0 Å². The highest BCUT2D eigenvalue weighted by Crippen LogP contribution is 2.49. The number of carbonyl (C=O) groups is 1. The van der Waals surface area contributed by atoms with Crippen molar-refractivity contribution in [1.82, 2.24) is 5.32 Å². The van der Waals surface area contributed by atoms with Gasteiger partial charge in [-0.15, -0.1) is 0 Å². The van der Waals surface area contributed by atoms with Gasteiger partial charge in [-0.2, -0.15) is 0 Å². The molecule has 17 heteroatoms. The monoisotopic (exact) mass is 804 g/mol. The summed E-state index contributed by atoms with van der Waals surface area (Å²) in [5, 5.41) is 39.6. The molecular formula is C38H50N3O12S2-. The Kier molecular flexibility index (Phi) is 13.6. The molecule has 15 nitrogen and oxygen atoms in total. The normalized spacial score (nSPS) is 27.7. The molecule has 3 aromatic carbocycles. The number of sulfone groups is 1. The number of nitrogens with zero attached hydrogens (tertiary/aromatic N) is 1. The zero-order valence-electron chi connectivity index (χ0n) is 31.2. The Morgan fingerprint density at radius 2 is 1.75 bits per heavy atom. The molecule has 55 heavy (non-hydrogen) atoms. The minimum absolute atomic E-state index is 0.0655. The highest BCUT2D eigenvalue weighted by Gasteiger charge is 2.49. The molecule has 5 rings (SSSR count).